The minimum Gasteiger partial charge on any atom is -0.478 e. The number of aromatic carboxylic acids is 1. The van der Waals surface area contributed by atoms with Crippen molar-refractivity contribution in [3.8, 4) is 6.07 Å². The first-order valence-electron chi connectivity index (χ1n) is 6.91. The molecule has 0 aliphatic carbocycles. The van der Waals surface area contributed by atoms with E-state index in [1.165, 1.54) is 18.2 Å². The minimum absolute atomic E-state index is 0.107. The van der Waals surface area contributed by atoms with Gasteiger partial charge in [-0.1, -0.05) is 6.07 Å². The SMILES string of the molecule is N#Cc1c(N)n[nH]c1CCCNS(=O)(=O)c1cccc(C(=O)O)c1. The second kappa shape index (κ2) is 7.12. The lowest BCUT2D eigenvalue weighted by Gasteiger charge is -2.07. The lowest BCUT2D eigenvalue weighted by molar-refractivity contribution is 0.0696. The Kier molecular flexibility index (Phi) is 5.18. The van der Waals surface area contributed by atoms with Crippen LogP contribution in [0.5, 0.6) is 0 Å². The van der Waals surface area contributed by atoms with Crippen molar-refractivity contribution in [3.63, 3.8) is 0 Å². The predicted molar refractivity (Wildman–Crippen MR) is 84.6 cm³/mol. The van der Waals surface area contributed by atoms with Gasteiger partial charge in [0.25, 0.3) is 0 Å². The first kappa shape index (κ1) is 17.5. The normalized spacial score (nSPS) is 11.1. The summed E-state index contributed by atoms with van der Waals surface area (Å²) in [6.45, 7) is 0.115. The van der Waals surface area contributed by atoms with Gasteiger partial charge in [0.15, 0.2) is 5.82 Å². The molecule has 0 saturated heterocycles. The second-order valence-corrected chi connectivity index (χ2v) is 6.68. The lowest BCUT2D eigenvalue weighted by Crippen LogP contribution is -2.25. The number of aromatic amines is 1. The molecule has 0 saturated carbocycles. The van der Waals surface area contributed by atoms with Crippen LogP contribution < -0.4 is 10.5 Å². The number of benzene rings is 1. The average molecular weight is 349 g/mol. The van der Waals surface area contributed by atoms with Crippen molar-refractivity contribution in [2.24, 2.45) is 0 Å². The zero-order valence-corrected chi connectivity index (χ0v) is 13.3. The maximum atomic E-state index is 12.1. The van der Waals surface area contributed by atoms with Crippen molar-refractivity contribution in [2.75, 3.05) is 12.3 Å². The van der Waals surface area contributed by atoms with Gasteiger partial charge in [-0.3, -0.25) is 5.10 Å². The molecule has 2 aromatic rings. The van der Waals surface area contributed by atoms with Crippen LogP contribution in [0.2, 0.25) is 0 Å². The smallest absolute Gasteiger partial charge is 0.335 e. The molecular weight excluding hydrogens is 334 g/mol. The number of carbonyl (C=O) groups is 1. The highest BCUT2D eigenvalue weighted by atomic mass is 32.2. The number of carboxylic acid groups (broad SMARTS) is 1. The van der Waals surface area contributed by atoms with Crippen LogP contribution in [0.15, 0.2) is 29.2 Å². The van der Waals surface area contributed by atoms with E-state index in [0.717, 1.165) is 6.07 Å². The standard InChI is InChI=1S/C14H15N5O4S/c15-8-11-12(18-19-13(11)16)5-2-6-17-24(22,23)10-4-1-3-9(7-10)14(20)21/h1,3-4,7,17H,2,5-6H2,(H,20,21)(H3,16,18,19). The fraction of sp³-hybridized carbons (Fsp3) is 0.214. The largest absolute Gasteiger partial charge is 0.478 e. The molecule has 0 atom stereocenters. The highest BCUT2D eigenvalue weighted by Crippen LogP contribution is 2.14. The van der Waals surface area contributed by atoms with Gasteiger partial charge >= 0.3 is 5.97 Å². The van der Waals surface area contributed by atoms with Gasteiger partial charge in [0.2, 0.25) is 10.0 Å². The number of hydrogen-bond donors (Lipinski definition) is 4. The van der Waals surface area contributed by atoms with Crippen LogP contribution in [0.1, 0.15) is 28.0 Å². The molecule has 1 heterocycles. The first-order valence-corrected chi connectivity index (χ1v) is 8.39. The number of aryl methyl sites for hydroxylation is 1. The summed E-state index contributed by atoms with van der Waals surface area (Å²) in [6, 6.07) is 7.02. The Bertz CT molecular complexity index is 898. The Hall–Kier alpha value is -2.90. The summed E-state index contributed by atoms with van der Waals surface area (Å²) in [5.74, 6) is -1.09. The van der Waals surface area contributed by atoms with E-state index in [-0.39, 0.29) is 28.4 Å². The summed E-state index contributed by atoms with van der Waals surface area (Å²) >= 11 is 0. The molecule has 0 spiro atoms. The molecule has 0 amide bonds. The van der Waals surface area contributed by atoms with E-state index in [2.05, 4.69) is 14.9 Å². The summed E-state index contributed by atoms with van der Waals surface area (Å²) in [5, 5.41) is 24.2. The highest BCUT2D eigenvalue weighted by molar-refractivity contribution is 7.89. The van der Waals surface area contributed by atoms with Gasteiger partial charge in [-0.25, -0.2) is 17.9 Å². The van der Waals surface area contributed by atoms with Crippen molar-refractivity contribution in [1.29, 1.82) is 5.26 Å². The fourth-order valence-corrected chi connectivity index (χ4v) is 3.17. The molecule has 0 radical (unpaired) electrons. The topological polar surface area (TPSA) is 162 Å². The van der Waals surface area contributed by atoms with Crippen LogP contribution in [0.3, 0.4) is 0 Å². The van der Waals surface area contributed by atoms with Crippen molar-refractivity contribution < 1.29 is 18.3 Å². The number of carboxylic acids is 1. The number of anilines is 1. The van der Waals surface area contributed by atoms with Gasteiger partial charge in [-0.15, -0.1) is 0 Å². The fourth-order valence-electron chi connectivity index (χ4n) is 2.05. The van der Waals surface area contributed by atoms with Gasteiger partial charge < -0.3 is 10.8 Å². The van der Waals surface area contributed by atoms with E-state index in [0.29, 0.717) is 18.5 Å². The summed E-state index contributed by atoms with van der Waals surface area (Å²) in [7, 11) is -3.81. The number of nitrogens with zero attached hydrogens (tertiary/aromatic N) is 2. The summed E-state index contributed by atoms with van der Waals surface area (Å²) in [4.78, 5) is 10.8. The molecule has 2 rings (SSSR count). The zero-order valence-electron chi connectivity index (χ0n) is 12.5. The van der Waals surface area contributed by atoms with Crippen molar-refractivity contribution in [2.45, 2.75) is 17.7 Å². The molecule has 0 aliphatic heterocycles. The van der Waals surface area contributed by atoms with Gasteiger partial charge in [0.1, 0.15) is 11.6 Å². The third-order valence-corrected chi connectivity index (χ3v) is 4.73. The summed E-state index contributed by atoms with van der Waals surface area (Å²) in [6.07, 6.45) is 0.805. The first-order chi connectivity index (χ1) is 11.3. The van der Waals surface area contributed by atoms with Crippen LogP contribution >= 0.6 is 0 Å². The van der Waals surface area contributed by atoms with Crippen LogP contribution in [0.25, 0.3) is 0 Å². The number of aromatic nitrogens is 2. The third-order valence-electron chi connectivity index (χ3n) is 3.27. The van der Waals surface area contributed by atoms with Gasteiger partial charge in [-0.2, -0.15) is 10.4 Å². The van der Waals surface area contributed by atoms with E-state index < -0.39 is 16.0 Å². The number of nitriles is 1. The lowest BCUT2D eigenvalue weighted by atomic mass is 10.1. The predicted octanol–water partition coefficient (Wildman–Crippen LogP) is 0.473. The van der Waals surface area contributed by atoms with E-state index in [1.807, 2.05) is 6.07 Å². The number of sulfonamides is 1. The van der Waals surface area contributed by atoms with Crippen molar-refractivity contribution in [3.05, 3.63) is 41.1 Å². The molecule has 0 unspecified atom stereocenters. The van der Waals surface area contributed by atoms with E-state index in [1.54, 1.807) is 0 Å². The van der Waals surface area contributed by atoms with Crippen LogP contribution in [-0.4, -0.2) is 36.2 Å². The number of nitrogen functional groups attached to an aromatic ring is 1. The maximum absolute atomic E-state index is 12.1. The Morgan fingerprint density at radius 3 is 2.88 bits per heavy atom. The Balaban J connectivity index is 1.97. The van der Waals surface area contributed by atoms with Crippen LogP contribution in [0, 0.1) is 11.3 Å². The monoisotopic (exact) mass is 349 g/mol. The molecule has 1 aromatic carbocycles. The zero-order chi connectivity index (χ0) is 17.7. The van der Waals surface area contributed by atoms with Crippen LogP contribution in [-0.2, 0) is 16.4 Å². The van der Waals surface area contributed by atoms with E-state index >= 15 is 0 Å². The van der Waals surface area contributed by atoms with Gasteiger partial charge in [0.05, 0.1) is 16.2 Å². The van der Waals surface area contributed by atoms with Crippen molar-refractivity contribution in [1.82, 2.24) is 14.9 Å². The van der Waals surface area contributed by atoms with Crippen LogP contribution in [0.4, 0.5) is 5.82 Å². The number of rotatable bonds is 7. The number of nitrogens with two attached hydrogens (primary N) is 1. The number of H-pyrrole nitrogens is 1. The molecule has 126 valence electrons. The molecule has 0 fully saturated rings. The molecule has 1 aromatic heterocycles. The summed E-state index contributed by atoms with van der Waals surface area (Å²) in [5.41, 5.74) is 6.21. The molecule has 5 N–H and O–H groups in total. The average Bonchev–Trinajstić information content (AvgIpc) is 2.91. The molecule has 0 aliphatic rings. The minimum atomic E-state index is -3.81. The van der Waals surface area contributed by atoms with E-state index in [4.69, 9.17) is 16.1 Å². The van der Waals surface area contributed by atoms with Gasteiger partial charge in [-0.05, 0) is 31.0 Å². The Morgan fingerprint density at radius 2 is 2.21 bits per heavy atom. The molecule has 10 heteroatoms. The van der Waals surface area contributed by atoms with E-state index in [9.17, 15) is 13.2 Å². The quantitative estimate of drug-likeness (QED) is 0.528. The number of hydrogen-bond acceptors (Lipinski definition) is 6. The second-order valence-electron chi connectivity index (χ2n) is 4.91. The third kappa shape index (κ3) is 3.89. The molecular formula is C14H15N5O4S. The molecule has 0 bridgehead atoms. The highest BCUT2D eigenvalue weighted by Gasteiger charge is 2.16. The number of nitrogens with one attached hydrogen (secondary N) is 2. The van der Waals surface area contributed by atoms with Gasteiger partial charge in [0, 0.05) is 6.54 Å². The molecule has 24 heavy (non-hydrogen) atoms. The van der Waals surface area contributed by atoms with Crippen molar-refractivity contribution >= 4 is 21.8 Å². The Morgan fingerprint density at radius 1 is 1.46 bits per heavy atom. The molecule has 9 nitrogen and oxygen atoms in total. The Labute approximate surface area is 138 Å². The maximum Gasteiger partial charge on any atom is 0.335 e. The summed E-state index contributed by atoms with van der Waals surface area (Å²) < 4.78 is 26.7.